The van der Waals surface area contributed by atoms with Crippen molar-refractivity contribution in [3.63, 3.8) is 0 Å². The molecular weight excluding hydrogens is 164 g/mol. The summed E-state index contributed by atoms with van der Waals surface area (Å²) in [6, 6.07) is 0.0690. The number of amides is 2. The molecule has 4 heteroatoms. The molecule has 1 N–H and O–H groups in total. The summed E-state index contributed by atoms with van der Waals surface area (Å²) in [6.07, 6.45) is 2.00. The normalized spacial score (nSPS) is 17.2. The van der Waals surface area contributed by atoms with Gasteiger partial charge in [-0.1, -0.05) is 0 Å². The van der Waals surface area contributed by atoms with Crippen LogP contribution in [0.3, 0.4) is 0 Å². The number of nitrogens with zero attached hydrogens (tertiary/aromatic N) is 1. The molecule has 1 aliphatic rings. The highest BCUT2D eigenvalue weighted by Gasteiger charge is 2.17. The van der Waals surface area contributed by atoms with Crippen molar-refractivity contribution in [2.45, 2.75) is 12.8 Å². The van der Waals surface area contributed by atoms with Crippen molar-refractivity contribution in [2.75, 3.05) is 25.5 Å². The van der Waals surface area contributed by atoms with Crippen molar-refractivity contribution >= 4 is 17.6 Å². The highest BCUT2D eigenvalue weighted by atomic mass is 35.5. The van der Waals surface area contributed by atoms with Crippen LogP contribution in [0.4, 0.5) is 4.79 Å². The van der Waals surface area contributed by atoms with Gasteiger partial charge < -0.3 is 10.2 Å². The Balaban J connectivity index is 2.10. The second kappa shape index (κ2) is 4.44. The van der Waals surface area contributed by atoms with Crippen LogP contribution in [0, 0.1) is 0 Å². The molecule has 0 spiro atoms. The fourth-order valence-corrected chi connectivity index (χ4v) is 1.31. The van der Waals surface area contributed by atoms with Crippen LogP contribution in [-0.2, 0) is 0 Å². The van der Waals surface area contributed by atoms with E-state index in [4.69, 9.17) is 11.6 Å². The van der Waals surface area contributed by atoms with Crippen LogP contribution in [0.15, 0.2) is 0 Å². The van der Waals surface area contributed by atoms with E-state index in [1.165, 1.54) is 0 Å². The lowest BCUT2D eigenvalue weighted by atomic mass is 10.3. The van der Waals surface area contributed by atoms with Gasteiger partial charge in [-0.3, -0.25) is 0 Å². The molecule has 0 aliphatic carbocycles. The molecule has 1 rings (SSSR count). The molecule has 11 heavy (non-hydrogen) atoms. The lowest BCUT2D eigenvalue weighted by molar-refractivity contribution is 0.217. The van der Waals surface area contributed by atoms with Crippen LogP contribution in [0.1, 0.15) is 12.8 Å². The van der Waals surface area contributed by atoms with Gasteiger partial charge in [-0.05, 0) is 12.8 Å². The highest BCUT2D eigenvalue weighted by Crippen LogP contribution is 2.00. The Morgan fingerprint density at radius 2 is 2.36 bits per heavy atom. The predicted molar refractivity (Wildman–Crippen MR) is 44.9 cm³/mol. The molecule has 1 saturated heterocycles. The molecule has 0 unspecified atom stereocenters. The standard InChI is InChI=1S/C7H13ClN2O/c8-3-1-2-5-10-6-4-9-7(10)11/h1-6H2,(H,9,11). The molecule has 3 nitrogen and oxygen atoms in total. The molecule has 0 bridgehead atoms. The van der Waals surface area contributed by atoms with Crippen LogP contribution in [0.5, 0.6) is 0 Å². The summed E-state index contributed by atoms with van der Waals surface area (Å²) in [5, 5.41) is 2.75. The van der Waals surface area contributed by atoms with Crippen molar-refractivity contribution in [1.29, 1.82) is 0 Å². The largest absolute Gasteiger partial charge is 0.336 e. The molecule has 0 aromatic rings. The number of nitrogens with one attached hydrogen (secondary N) is 1. The molecule has 0 aromatic heterocycles. The Morgan fingerprint density at radius 1 is 1.55 bits per heavy atom. The summed E-state index contributed by atoms with van der Waals surface area (Å²) in [7, 11) is 0. The van der Waals surface area contributed by atoms with Crippen LogP contribution >= 0.6 is 11.6 Å². The average Bonchev–Trinajstić information content (AvgIpc) is 2.37. The van der Waals surface area contributed by atoms with Gasteiger partial charge in [0.05, 0.1) is 0 Å². The van der Waals surface area contributed by atoms with Crippen LogP contribution < -0.4 is 5.32 Å². The SMILES string of the molecule is O=C1NCCN1CCCCCl. The van der Waals surface area contributed by atoms with Gasteiger partial charge in [0.1, 0.15) is 0 Å². The van der Waals surface area contributed by atoms with Gasteiger partial charge in [0.25, 0.3) is 0 Å². The second-order valence-electron chi connectivity index (χ2n) is 2.62. The number of hydrogen-bond donors (Lipinski definition) is 1. The number of carbonyl (C=O) groups excluding carboxylic acids is 1. The zero-order chi connectivity index (χ0) is 8.10. The first kappa shape index (κ1) is 8.65. The number of hydrogen-bond acceptors (Lipinski definition) is 1. The molecule has 2 amide bonds. The van der Waals surface area contributed by atoms with E-state index < -0.39 is 0 Å². The van der Waals surface area contributed by atoms with Gasteiger partial charge in [-0.15, -0.1) is 11.6 Å². The zero-order valence-corrected chi connectivity index (χ0v) is 7.23. The molecule has 1 heterocycles. The number of rotatable bonds is 4. The van der Waals surface area contributed by atoms with E-state index in [-0.39, 0.29) is 6.03 Å². The quantitative estimate of drug-likeness (QED) is 0.504. The monoisotopic (exact) mass is 176 g/mol. The van der Waals surface area contributed by atoms with Crippen LogP contribution in [0.2, 0.25) is 0 Å². The van der Waals surface area contributed by atoms with Crippen molar-refractivity contribution in [2.24, 2.45) is 0 Å². The molecule has 0 radical (unpaired) electrons. The average molecular weight is 177 g/mol. The van der Waals surface area contributed by atoms with E-state index in [9.17, 15) is 4.79 Å². The summed E-state index contributed by atoms with van der Waals surface area (Å²) < 4.78 is 0. The Labute approximate surface area is 71.7 Å². The molecule has 0 aromatic carbocycles. The van der Waals surface area contributed by atoms with Crippen molar-refractivity contribution in [3.8, 4) is 0 Å². The first-order valence-corrected chi connectivity index (χ1v) is 4.47. The zero-order valence-electron chi connectivity index (χ0n) is 6.48. The molecular formula is C7H13ClN2O. The summed E-state index contributed by atoms with van der Waals surface area (Å²) >= 11 is 5.50. The predicted octanol–water partition coefficient (Wildman–Crippen LogP) is 1.03. The third kappa shape index (κ3) is 2.58. The van der Waals surface area contributed by atoms with Crippen molar-refractivity contribution < 1.29 is 4.79 Å². The van der Waals surface area contributed by atoms with E-state index in [2.05, 4.69) is 5.32 Å². The summed E-state index contributed by atoms with van der Waals surface area (Å²) in [5.41, 5.74) is 0. The third-order valence-corrected chi connectivity index (χ3v) is 2.02. The lowest BCUT2D eigenvalue weighted by Gasteiger charge is -2.12. The maximum Gasteiger partial charge on any atom is 0.317 e. The van der Waals surface area contributed by atoms with Gasteiger partial charge in [-0.25, -0.2) is 4.79 Å². The maximum absolute atomic E-state index is 11.0. The minimum Gasteiger partial charge on any atom is -0.336 e. The van der Waals surface area contributed by atoms with Crippen LogP contribution in [-0.4, -0.2) is 36.4 Å². The fourth-order valence-electron chi connectivity index (χ4n) is 1.12. The second-order valence-corrected chi connectivity index (χ2v) is 2.99. The van der Waals surface area contributed by atoms with E-state index in [0.29, 0.717) is 5.88 Å². The van der Waals surface area contributed by atoms with Gasteiger partial charge in [0, 0.05) is 25.5 Å². The van der Waals surface area contributed by atoms with Gasteiger partial charge in [0.2, 0.25) is 0 Å². The summed E-state index contributed by atoms with van der Waals surface area (Å²) in [4.78, 5) is 12.8. The Bertz CT molecular complexity index is 140. The van der Waals surface area contributed by atoms with E-state index in [1.54, 1.807) is 0 Å². The minimum absolute atomic E-state index is 0.0690. The summed E-state index contributed by atoms with van der Waals surface area (Å²) in [6.45, 7) is 2.49. The van der Waals surface area contributed by atoms with Gasteiger partial charge in [0.15, 0.2) is 0 Å². The summed E-state index contributed by atoms with van der Waals surface area (Å²) in [5.74, 6) is 0.690. The van der Waals surface area contributed by atoms with E-state index in [1.807, 2.05) is 4.90 Å². The number of unbranched alkanes of at least 4 members (excludes halogenated alkanes) is 1. The Hall–Kier alpha value is -0.440. The van der Waals surface area contributed by atoms with Crippen molar-refractivity contribution in [3.05, 3.63) is 0 Å². The number of halogens is 1. The van der Waals surface area contributed by atoms with Gasteiger partial charge in [-0.2, -0.15) is 0 Å². The number of carbonyl (C=O) groups is 1. The van der Waals surface area contributed by atoms with Gasteiger partial charge >= 0.3 is 6.03 Å². The Kier molecular flexibility index (Phi) is 3.49. The minimum atomic E-state index is 0.0690. The first-order chi connectivity index (χ1) is 5.34. The molecule has 1 aliphatic heterocycles. The van der Waals surface area contributed by atoms with Crippen molar-refractivity contribution in [1.82, 2.24) is 10.2 Å². The highest BCUT2D eigenvalue weighted by molar-refractivity contribution is 6.17. The van der Waals surface area contributed by atoms with E-state index in [0.717, 1.165) is 32.5 Å². The topological polar surface area (TPSA) is 32.3 Å². The maximum atomic E-state index is 11.0. The lowest BCUT2D eigenvalue weighted by Crippen LogP contribution is -2.28. The van der Waals surface area contributed by atoms with Crippen LogP contribution in [0.25, 0.3) is 0 Å². The fraction of sp³-hybridized carbons (Fsp3) is 0.857. The molecule has 0 saturated carbocycles. The number of urea groups is 1. The third-order valence-electron chi connectivity index (χ3n) is 1.76. The Morgan fingerprint density at radius 3 is 2.91 bits per heavy atom. The smallest absolute Gasteiger partial charge is 0.317 e. The first-order valence-electron chi connectivity index (χ1n) is 3.93. The molecule has 0 atom stereocenters. The van der Waals surface area contributed by atoms with E-state index >= 15 is 0 Å². The molecule has 64 valence electrons. The molecule has 1 fully saturated rings. The number of alkyl halides is 1.